The van der Waals surface area contributed by atoms with Crippen LogP contribution in [-0.2, 0) is 24.1 Å². The van der Waals surface area contributed by atoms with Crippen molar-refractivity contribution in [1.29, 1.82) is 0 Å². The summed E-state index contributed by atoms with van der Waals surface area (Å²) >= 11 is 0. The summed E-state index contributed by atoms with van der Waals surface area (Å²) in [5.41, 5.74) is 0.661. The largest absolute Gasteiger partial charge is 0.726 e. The molecule has 0 heterocycles. The van der Waals surface area contributed by atoms with Crippen LogP contribution in [0.4, 0.5) is 0 Å². The molecule has 0 saturated heterocycles. The Morgan fingerprint density at radius 3 is 1.49 bits per heavy atom. The third-order valence-corrected chi connectivity index (χ3v) is 9.92. The summed E-state index contributed by atoms with van der Waals surface area (Å²) < 4.78 is 37.2. The fraction of sp³-hybridized carbons (Fsp3) is 0.222. The normalized spacial score (nSPS) is 11.8. The Balaban J connectivity index is 0.000000540. The molecule has 0 atom stereocenters. The van der Waals surface area contributed by atoms with Crippen molar-refractivity contribution in [3.05, 3.63) is 103 Å². The molecular weight excluding hydrogens is 483 g/mol. The Bertz CT molecular complexity index is 1080. The van der Waals surface area contributed by atoms with Gasteiger partial charge in [0.25, 0.3) is 0 Å². The number of allylic oxidation sites excluding steroid dienone is 1. The quantitative estimate of drug-likeness (QED) is 0.141. The Morgan fingerprint density at radius 2 is 1.20 bits per heavy atom. The number of carbonyl (C=O) groups is 1. The Kier molecular flexibility index (Phi) is 11.3. The molecule has 0 aliphatic rings. The summed E-state index contributed by atoms with van der Waals surface area (Å²) in [7, 11) is -6.37. The summed E-state index contributed by atoms with van der Waals surface area (Å²) in [4.78, 5) is 12.2. The Morgan fingerprint density at radius 1 is 0.800 bits per heavy atom. The van der Waals surface area contributed by atoms with Gasteiger partial charge >= 0.3 is 5.97 Å². The SMILES string of the molecule is CCOC(=O)/C(C)=C\C[P+](c1ccccc1)(c1ccccc1)c1ccccc1.CCOS(=O)(=O)[O-]. The van der Waals surface area contributed by atoms with Crippen molar-refractivity contribution in [2.45, 2.75) is 20.8 Å². The molecule has 6 nitrogen and oxygen atoms in total. The predicted octanol–water partition coefficient (Wildman–Crippen LogP) is 3.97. The van der Waals surface area contributed by atoms with Gasteiger partial charge < -0.3 is 9.29 Å². The van der Waals surface area contributed by atoms with E-state index in [4.69, 9.17) is 4.74 Å². The zero-order chi connectivity index (χ0) is 25.7. The minimum atomic E-state index is -4.42. The summed E-state index contributed by atoms with van der Waals surface area (Å²) in [6, 6.07) is 32.0. The van der Waals surface area contributed by atoms with Gasteiger partial charge in [-0.05, 0) is 63.2 Å². The summed E-state index contributed by atoms with van der Waals surface area (Å²) in [5, 5.41) is 3.92. The molecule has 0 fully saturated rings. The molecule has 186 valence electrons. The van der Waals surface area contributed by atoms with Gasteiger partial charge in [-0.1, -0.05) is 54.6 Å². The average Bonchev–Trinajstić information content (AvgIpc) is 2.86. The van der Waals surface area contributed by atoms with Gasteiger partial charge in [-0.25, -0.2) is 13.2 Å². The van der Waals surface area contributed by atoms with Crippen molar-refractivity contribution < 1.29 is 26.7 Å². The second-order valence-electron chi connectivity index (χ2n) is 7.42. The van der Waals surface area contributed by atoms with E-state index in [-0.39, 0.29) is 12.6 Å². The molecule has 0 saturated carbocycles. The number of carbonyl (C=O) groups excluding carboxylic acids is 1. The first kappa shape index (κ1) is 28.4. The molecule has 0 N–H and O–H groups in total. The van der Waals surface area contributed by atoms with Gasteiger partial charge in [-0.2, -0.15) is 0 Å². The topological polar surface area (TPSA) is 92.7 Å². The molecule has 8 heteroatoms. The van der Waals surface area contributed by atoms with E-state index in [1.807, 2.05) is 32.0 Å². The van der Waals surface area contributed by atoms with Crippen LogP contribution in [0.1, 0.15) is 20.8 Å². The van der Waals surface area contributed by atoms with Gasteiger partial charge in [0.1, 0.15) is 23.2 Å². The van der Waals surface area contributed by atoms with Crippen molar-refractivity contribution >= 4 is 39.5 Å². The van der Waals surface area contributed by atoms with E-state index in [9.17, 15) is 17.8 Å². The van der Waals surface area contributed by atoms with Crippen molar-refractivity contribution in [2.24, 2.45) is 0 Å². The van der Waals surface area contributed by atoms with Crippen LogP contribution in [0.2, 0.25) is 0 Å². The molecule has 0 unspecified atom stereocenters. The number of ether oxygens (including phenoxy) is 1. The molecule has 0 aliphatic carbocycles. The lowest BCUT2D eigenvalue weighted by atomic mass is 10.3. The van der Waals surface area contributed by atoms with Gasteiger partial charge in [0.2, 0.25) is 10.4 Å². The lowest BCUT2D eigenvalue weighted by Gasteiger charge is -2.26. The van der Waals surface area contributed by atoms with Crippen molar-refractivity contribution in [1.82, 2.24) is 0 Å². The molecule has 0 spiro atoms. The van der Waals surface area contributed by atoms with E-state index in [1.54, 1.807) is 0 Å². The second kappa shape index (κ2) is 13.9. The highest BCUT2D eigenvalue weighted by Crippen LogP contribution is 2.55. The van der Waals surface area contributed by atoms with E-state index < -0.39 is 17.7 Å². The highest BCUT2D eigenvalue weighted by Gasteiger charge is 2.44. The molecule has 0 amide bonds. The van der Waals surface area contributed by atoms with Crippen LogP contribution in [0.5, 0.6) is 0 Å². The molecule has 3 aromatic carbocycles. The van der Waals surface area contributed by atoms with Crippen molar-refractivity contribution in [3.63, 3.8) is 0 Å². The molecule has 0 aromatic heterocycles. The molecule has 3 rings (SSSR count). The van der Waals surface area contributed by atoms with E-state index in [0.29, 0.717) is 12.2 Å². The highest BCUT2D eigenvalue weighted by molar-refractivity contribution is 7.95. The molecule has 3 aromatic rings. The number of hydrogen-bond acceptors (Lipinski definition) is 6. The van der Waals surface area contributed by atoms with E-state index in [1.165, 1.54) is 22.8 Å². The first-order valence-corrected chi connectivity index (χ1v) is 14.5. The lowest BCUT2D eigenvalue weighted by Crippen LogP contribution is -2.33. The third kappa shape index (κ3) is 8.41. The third-order valence-electron chi connectivity index (χ3n) is 5.12. The van der Waals surface area contributed by atoms with Crippen LogP contribution in [-0.4, -0.2) is 38.3 Å². The number of hydrogen-bond donors (Lipinski definition) is 0. The van der Waals surface area contributed by atoms with Gasteiger partial charge in [0, 0.05) is 5.57 Å². The maximum Gasteiger partial charge on any atom is 0.333 e. The van der Waals surface area contributed by atoms with Gasteiger partial charge in [-0.3, -0.25) is 4.18 Å². The van der Waals surface area contributed by atoms with Crippen LogP contribution in [0.3, 0.4) is 0 Å². The van der Waals surface area contributed by atoms with Gasteiger partial charge in [0.15, 0.2) is 0 Å². The summed E-state index contributed by atoms with van der Waals surface area (Å²) in [5.74, 6) is -0.241. The lowest BCUT2D eigenvalue weighted by molar-refractivity contribution is -0.138. The maximum atomic E-state index is 12.2. The first-order valence-electron chi connectivity index (χ1n) is 11.2. The van der Waals surface area contributed by atoms with Crippen LogP contribution in [0.15, 0.2) is 103 Å². The van der Waals surface area contributed by atoms with Crippen LogP contribution in [0, 0.1) is 0 Å². The fourth-order valence-corrected chi connectivity index (χ4v) is 7.96. The monoisotopic (exact) mass is 514 g/mol. The molecule has 35 heavy (non-hydrogen) atoms. The number of esters is 1. The van der Waals surface area contributed by atoms with E-state index in [2.05, 4.69) is 83.1 Å². The van der Waals surface area contributed by atoms with Crippen LogP contribution < -0.4 is 15.9 Å². The van der Waals surface area contributed by atoms with E-state index in [0.717, 1.165) is 6.16 Å². The van der Waals surface area contributed by atoms with Crippen LogP contribution in [0.25, 0.3) is 0 Å². The summed E-state index contributed by atoms with van der Waals surface area (Å²) in [6.45, 7) is 5.40. The zero-order valence-corrected chi connectivity index (χ0v) is 21.9. The fourth-order valence-electron chi connectivity index (χ4n) is 3.56. The predicted molar refractivity (Wildman–Crippen MR) is 142 cm³/mol. The molecular formula is C27H31O6PS. The maximum absolute atomic E-state index is 12.2. The smallest absolute Gasteiger partial charge is 0.333 e. The van der Waals surface area contributed by atoms with Crippen LogP contribution >= 0.6 is 7.26 Å². The second-order valence-corrected chi connectivity index (χ2v) is 12.0. The van der Waals surface area contributed by atoms with Gasteiger partial charge in [0.05, 0.1) is 19.4 Å². The first-order chi connectivity index (χ1) is 16.7. The highest BCUT2D eigenvalue weighted by atomic mass is 32.3. The van der Waals surface area contributed by atoms with E-state index >= 15 is 0 Å². The number of rotatable bonds is 9. The average molecular weight is 515 g/mol. The standard InChI is InChI=1S/C25H26O2P.C2H6O4S/c1-3-27-25(26)21(2)19-20-28(22-13-7-4-8-14-22,23-15-9-5-10-16-23)24-17-11-6-12-18-24;1-2-6-7(3,4)5/h4-19H,3,20H2,1-2H3;2H2,1H3,(H,3,4,5)/q+1;/p-1/b21-19-;. The van der Waals surface area contributed by atoms with Gasteiger partial charge in [-0.15, -0.1) is 0 Å². The zero-order valence-electron chi connectivity index (χ0n) is 20.2. The minimum absolute atomic E-state index is 0.0914. The molecule has 0 bridgehead atoms. The summed E-state index contributed by atoms with van der Waals surface area (Å²) in [6.07, 6.45) is 2.83. The van der Waals surface area contributed by atoms with Crippen molar-refractivity contribution in [2.75, 3.05) is 19.4 Å². The Labute approximate surface area is 208 Å². The molecule has 0 radical (unpaired) electrons. The van der Waals surface area contributed by atoms with Crippen molar-refractivity contribution in [3.8, 4) is 0 Å². The number of benzene rings is 3. The molecule has 0 aliphatic heterocycles. The Hall–Kier alpha value is -2.83. The minimum Gasteiger partial charge on any atom is -0.726 e.